The van der Waals surface area contributed by atoms with Gasteiger partial charge in [0.05, 0.1) is 11.0 Å². The summed E-state index contributed by atoms with van der Waals surface area (Å²) in [7, 11) is 0. The van der Waals surface area contributed by atoms with Gasteiger partial charge in [0.25, 0.3) is 5.69 Å². The number of nitro benzene ring substituents is 1. The number of aryl methyl sites for hydroxylation is 1. The summed E-state index contributed by atoms with van der Waals surface area (Å²) in [6.45, 7) is 1.89. The molecule has 88 valence electrons. The Bertz CT molecular complexity index is 381. The first-order chi connectivity index (χ1) is 7.54. The Morgan fingerprint density at radius 2 is 2.25 bits per heavy atom. The van der Waals surface area contributed by atoms with Crippen LogP contribution in [0.15, 0.2) is 22.7 Å². The monoisotopic (exact) mass is 287 g/mol. The van der Waals surface area contributed by atoms with E-state index in [0.717, 1.165) is 0 Å². The number of hydrogen-bond donors (Lipinski definition) is 1. The Morgan fingerprint density at radius 3 is 2.81 bits per heavy atom. The number of halogens is 1. The highest BCUT2D eigenvalue weighted by Crippen LogP contribution is 2.25. The highest BCUT2D eigenvalue weighted by atomic mass is 79.9. The Balaban J connectivity index is 2.82. The average molecular weight is 288 g/mol. The van der Waals surface area contributed by atoms with Gasteiger partial charge in [-0.3, -0.25) is 10.1 Å². The predicted octanol–water partition coefficient (Wildman–Crippen LogP) is 3.06. The van der Waals surface area contributed by atoms with Crippen LogP contribution in [0.3, 0.4) is 0 Å². The molecule has 0 heterocycles. The maximum absolute atomic E-state index is 10.8. The van der Waals surface area contributed by atoms with Crippen LogP contribution in [0.1, 0.15) is 25.3 Å². The van der Waals surface area contributed by atoms with Crippen molar-refractivity contribution in [1.29, 1.82) is 0 Å². The first kappa shape index (κ1) is 13.1. The molecule has 0 saturated carbocycles. The molecule has 5 heteroatoms. The van der Waals surface area contributed by atoms with Crippen LogP contribution in [0.2, 0.25) is 0 Å². The second-order valence-electron chi connectivity index (χ2n) is 3.63. The van der Waals surface area contributed by atoms with Crippen molar-refractivity contribution in [2.75, 3.05) is 0 Å². The topological polar surface area (TPSA) is 63.4 Å². The zero-order valence-electron chi connectivity index (χ0n) is 9.02. The van der Waals surface area contributed by atoms with Crippen LogP contribution in [0.5, 0.6) is 0 Å². The van der Waals surface area contributed by atoms with Crippen LogP contribution >= 0.6 is 15.9 Å². The third-order valence-electron chi connectivity index (χ3n) is 2.46. The van der Waals surface area contributed by atoms with Crippen molar-refractivity contribution in [2.24, 2.45) is 0 Å². The quantitative estimate of drug-likeness (QED) is 0.669. The molecule has 0 bridgehead atoms. The molecule has 0 aliphatic carbocycles. The highest BCUT2D eigenvalue weighted by molar-refractivity contribution is 9.10. The van der Waals surface area contributed by atoms with E-state index in [1.807, 2.05) is 6.92 Å². The van der Waals surface area contributed by atoms with Crippen molar-refractivity contribution >= 4 is 21.6 Å². The molecule has 1 rings (SSSR count). The zero-order chi connectivity index (χ0) is 12.1. The van der Waals surface area contributed by atoms with Gasteiger partial charge in [-0.1, -0.05) is 28.9 Å². The van der Waals surface area contributed by atoms with Crippen molar-refractivity contribution in [2.45, 2.75) is 32.3 Å². The number of aliphatic hydroxyl groups excluding tert-OH is 1. The minimum Gasteiger partial charge on any atom is -0.393 e. The fourth-order valence-electron chi connectivity index (χ4n) is 1.44. The number of aliphatic hydroxyl groups is 1. The van der Waals surface area contributed by atoms with Gasteiger partial charge in [-0.2, -0.15) is 0 Å². The lowest BCUT2D eigenvalue weighted by Gasteiger charge is -2.07. The maximum atomic E-state index is 10.8. The molecular formula is C11H14BrNO3. The van der Waals surface area contributed by atoms with Crippen LogP contribution in [0.4, 0.5) is 5.69 Å². The molecule has 0 saturated heterocycles. The van der Waals surface area contributed by atoms with Crippen molar-refractivity contribution < 1.29 is 10.0 Å². The van der Waals surface area contributed by atoms with Crippen molar-refractivity contribution in [1.82, 2.24) is 0 Å². The SMILES string of the molecule is CCC(O)CCc1ccc(Br)cc1[N+](=O)[O-]. The molecule has 1 aromatic carbocycles. The molecule has 1 aromatic rings. The average Bonchev–Trinajstić information content (AvgIpc) is 2.26. The molecule has 0 amide bonds. The number of nitrogens with zero attached hydrogens (tertiary/aromatic N) is 1. The molecule has 1 unspecified atom stereocenters. The number of hydrogen-bond acceptors (Lipinski definition) is 3. The Hall–Kier alpha value is -0.940. The lowest BCUT2D eigenvalue weighted by molar-refractivity contribution is -0.385. The molecule has 0 radical (unpaired) electrons. The molecule has 16 heavy (non-hydrogen) atoms. The van der Waals surface area contributed by atoms with E-state index < -0.39 is 4.92 Å². The second kappa shape index (κ2) is 5.96. The molecule has 0 aliphatic heterocycles. The minimum atomic E-state index is -0.390. The Kier molecular flexibility index (Phi) is 4.89. The largest absolute Gasteiger partial charge is 0.393 e. The predicted molar refractivity (Wildman–Crippen MR) is 65.4 cm³/mol. The van der Waals surface area contributed by atoms with E-state index in [1.165, 1.54) is 6.07 Å². The lowest BCUT2D eigenvalue weighted by atomic mass is 10.0. The summed E-state index contributed by atoms with van der Waals surface area (Å²) in [5, 5.41) is 20.2. The summed E-state index contributed by atoms with van der Waals surface area (Å²) in [6, 6.07) is 5.00. The minimum absolute atomic E-state index is 0.109. The van der Waals surface area contributed by atoms with Crippen LogP contribution in [-0.2, 0) is 6.42 Å². The van der Waals surface area contributed by atoms with E-state index in [-0.39, 0.29) is 11.8 Å². The van der Waals surface area contributed by atoms with Gasteiger partial charge in [-0.05, 0) is 25.3 Å². The highest BCUT2D eigenvalue weighted by Gasteiger charge is 2.14. The molecule has 0 aromatic heterocycles. The number of benzene rings is 1. The van der Waals surface area contributed by atoms with Crippen LogP contribution in [0, 0.1) is 10.1 Å². The van der Waals surface area contributed by atoms with E-state index in [9.17, 15) is 15.2 Å². The molecule has 1 N–H and O–H groups in total. The number of rotatable bonds is 5. The van der Waals surface area contributed by atoms with E-state index in [4.69, 9.17) is 0 Å². The summed E-state index contributed by atoms with van der Waals surface area (Å²) in [4.78, 5) is 10.4. The van der Waals surface area contributed by atoms with Gasteiger partial charge >= 0.3 is 0 Å². The fourth-order valence-corrected chi connectivity index (χ4v) is 1.79. The molecule has 0 spiro atoms. The van der Waals surface area contributed by atoms with Gasteiger partial charge < -0.3 is 5.11 Å². The lowest BCUT2D eigenvalue weighted by Crippen LogP contribution is -2.06. The molecule has 0 aliphatic rings. The van der Waals surface area contributed by atoms with E-state index in [2.05, 4.69) is 15.9 Å². The van der Waals surface area contributed by atoms with Crippen LogP contribution in [-0.4, -0.2) is 16.1 Å². The smallest absolute Gasteiger partial charge is 0.273 e. The summed E-state index contributed by atoms with van der Waals surface area (Å²) >= 11 is 3.20. The molecule has 1 atom stereocenters. The van der Waals surface area contributed by atoms with Gasteiger partial charge in [0.15, 0.2) is 0 Å². The third-order valence-corrected chi connectivity index (χ3v) is 2.96. The van der Waals surface area contributed by atoms with Crippen molar-refractivity contribution in [3.05, 3.63) is 38.3 Å². The maximum Gasteiger partial charge on any atom is 0.273 e. The first-order valence-corrected chi connectivity index (χ1v) is 5.94. The van der Waals surface area contributed by atoms with E-state index in [1.54, 1.807) is 12.1 Å². The van der Waals surface area contributed by atoms with Gasteiger partial charge in [0, 0.05) is 16.1 Å². The Labute approximate surface area is 103 Å². The van der Waals surface area contributed by atoms with Gasteiger partial charge in [0.1, 0.15) is 0 Å². The van der Waals surface area contributed by atoms with E-state index in [0.29, 0.717) is 29.3 Å². The van der Waals surface area contributed by atoms with Gasteiger partial charge in [-0.15, -0.1) is 0 Å². The fraction of sp³-hybridized carbons (Fsp3) is 0.455. The Morgan fingerprint density at radius 1 is 1.56 bits per heavy atom. The first-order valence-electron chi connectivity index (χ1n) is 5.15. The second-order valence-corrected chi connectivity index (χ2v) is 4.55. The summed E-state index contributed by atoms with van der Waals surface area (Å²) in [5.41, 5.74) is 0.776. The normalized spacial score (nSPS) is 12.4. The summed E-state index contributed by atoms with van der Waals surface area (Å²) < 4.78 is 0.694. The van der Waals surface area contributed by atoms with Gasteiger partial charge in [-0.25, -0.2) is 0 Å². The summed E-state index contributed by atoms with van der Waals surface area (Å²) in [5.74, 6) is 0. The van der Waals surface area contributed by atoms with Crippen molar-refractivity contribution in [3.8, 4) is 0 Å². The molecular weight excluding hydrogens is 274 g/mol. The third kappa shape index (κ3) is 3.57. The number of nitro groups is 1. The zero-order valence-corrected chi connectivity index (χ0v) is 10.6. The standard InChI is InChI=1S/C11H14BrNO3/c1-2-10(14)6-4-8-3-5-9(12)7-11(8)13(15)16/h3,5,7,10,14H,2,4,6H2,1H3. The summed E-state index contributed by atoms with van der Waals surface area (Å²) in [6.07, 6.45) is 1.37. The van der Waals surface area contributed by atoms with Crippen molar-refractivity contribution in [3.63, 3.8) is 0 Å². The van der Waals surface area contributed by atoms with Crippen LogP contribution < -0.4 is 0 Å². The van der Waals surface area contributed by atoms with Gasteiger partial charge in [0.2, 0.25) is 0 Å². The molecule has 4 nitrogen and oxygen atoms in total. The molecule has 0 fully saturated rings. The van der Waals surface area contributed by atoms with Crippen LogP contribution in [0.25, 0.3) is 0 Å². The van der Waals surface area contributed by atoms with E-state index >= 15 is 0 Å².